The minimum absolute atomic E-state index is 0.00581. The number of piperidine rings is 1. The van der Waals surface area contributed by atoms with Gasteiger partial charge in [-0.2, -0.15) is 0 Å². The molecule has 22 heavy (non-hydrogen) atoms. The van der Waals surface area contributed by atoms with Gasteiger partial charge in [0, 0.05) is 26.7 Å². The highest BCUT2D eigenvalue weighted by atomic mass is 16.5. The van der Waals surface area contributed by atoms with Crippen molar-refractivity contribution in [3.05, 3.63) is 35.9 Å². The molecule has 0 saturated carbocycles. The summed E-state index contributed by atoms with van der Waals surface area (Å²) in [5.41, 5.74) is 0.541. The first kappa shape index (κ1) is 16.5. The fourth-order valence-electron chi connectivity index (χ4n) is 2.84. The molecule has 0 bridgehead atoms. The lowest BCUT2D eigenvalue weighted by molar-refractivity contribution is -0.143. The molecule has 0 aliphatic carbocycles. The predicted molar refractivity (Wildman–Crippen MR) is 84.1 cm³/mol. The van der Waals surface area contributed by atoms with Crippen LogP contribution in [-0.2, 0) is 20.9 Å². The molecule has 0 aromatic heterocycles. The summed E-state index contributed by atoms with van der Waals surface area (Å²) in [6, 6.07) is 9.83. The Bertz CT molecular complexity index is 518. The van der Waals surface area contributed by atoms with Crippen LogP contribution in [0.4, 0.5) is 0 Å². The van der Waals surface area contributed by atoms with Crippen molar-refractivity contribution in [2.45, 2.75) is 26.3 Å². The molecule has 1 N–H and O–H groups in total. The second kappa shape index (κ2) is 7.40. The quantitative estimate of drug-likeness (QED) is 0.898. The fraction of sp³-hybridized carbons (Fsp3) is 0.529. The van der Waals surface area contributed by atoms with Crippen LogP contribution in [0.2, 0.25) is 0 Å². The van der Waals surface area contributed by atoms with E-state index in [-0.39, 0.29) is 18.4 Å². The standard InChI is InChI=1S/C17H24N2O3/c1-17(9-6-10-19(13-17)15(20)12-22-2)16(21)18-11-14-7-4-3-5-8-14/h3-5,7-8H,6,9-13H2,1-2H3,(H,18,21). The minimum Gasteiger partial charge on any atom is -0.375 e. The van der Waals surface area contributed by atoms with Crippen LogP contribution in [0.1, 0.15) is 25.3 Å². The number of ether oxygens (including phenoxy) is 1. The lowest BCUT2D eigenvalue weighted by atomic mass is 9.81. The van der Waals surface area contributed by atoms with Gasteiger partial charge in [-0.1, -0.05) is 30.3 Å². The van der Waals surface area contributed by atoms with E-state index in [0.717, 1.165) is 18.4 Å². The summed E-state index contributed by atoms with van der Waals surface area (Å²) in [5, 5.41) is 2.99. The van der Waals surface area contributed by atoms with Crippen molar-refractivity contribution in [2.24, 2.45) is 5.41 Å². The third kappa shape index (κ3) is 4.07. The first-order chi connectivity index (χ1) is 10.5. The van der Waals surface area contributed by atoms with Gasteiger partial charge in [0.2, 0.25) is 11.8 Å². The van der Waals surface area contributed by atoms with E-state index in [2.05, 4.69) is 5.32 Å². The van der Waals surface area contributed by atoms with Gasteiger partial charge in [-0.15, -0.1) is 0 Å². The van der Waals surface area contributed by atoms with E-state index in [1.807, 2.05) is 37.3 Å². The van der Waals surface area contributed by atoms with Crippen molar-refractivity contribution in [1.82, 2.24) is 10.2 Å². The van der Waals surface area contributed by atoms with E-state index in [4.69, 9.17) is 4.74 Å². The van der Waals surface area contributed by atoms with Crippen LogP contribution >= 0.6 is 0 Å². The smallest absolute Gasteiger partial charge is 0.248 e. The van der Waals surface area contributed by atoms with Gasteiger partial charge < -0.3 is 15.0 Å². The molecule has 1 aliphatic rings. The van der Waals surface area contributed by atoms with E-state index in [1.165, 1.54) is 7.11 Å². The number of carbonyl (C=O) groups is 2. The molecule has 1 saturated heterocycles. The molecule has 5 nitrogen and oxygen atoms in total. The number of benzene rings is 1. The van der Waals surface area contributed by atoms with Crippen LogP contribution in [0.25, 0.3) is 0 Å². The largest absolute Gasteiger partial charge is 0.375 e. The number of nitrogens with zero attached hydrogens (tertiary/aromatic N) is 1. The van der Waals surface area contributed by atoms with Gasteiger partial charge >= 0.3 is 0 Å². The molecule has 2 rings (SSSR count). The lowest BCUT2D eigenvalue weighted by Gasteiger charge is -2.39. The summed E-state index contributed by atoms with van der Waals surface area (Å²) in [4.78, 5) is 26.2. The number of rotatable bonds is 5. The maximum Gasteiger partial charge on any atom is 0.248 e. The van der Waals surface area contributed by atoms with Crippen molar-refractivity contribution in [3.8, 4) is 0 Å². The average Bonchev–Trinajstić information content (AvgIpc) is 2.54. The van der Waals surface area contributed by atoms with Crippen molar-refractivity contribution in [3.63, 3.8) is 0 Å². The van der Waals surface area contributed by atoms with E-state index < -0.39 is 5.41 Å². The van der Waals surface area contributed by atoms with Gasteiger partial charge in [-0.3, -0.25) is 9.59 Å². The predicted octanol–water partition coefficient (Wildman–Crippen LogP) is 1.58. The van der Waals surface area contributed by atoms with Gasteiger partial charge in [-0.05, 0) is 25.3 Å². The number of amides is 2. The number of methoxy groups -OCH3 is 1. The van der Waals surface area contributed by atoms with Crippen molar-refractivity contribution in [2.75, 3.05) is 26.8 Å². The second-order valence-electron chi connectivity index (χ2n) is 6.08. The van der Waals surface area contributed by atoms with Gasteiger partial charge in [0.1, 0.15) is 6.61 Å². The Balaban J connectivity index is 1.93. The molecule has 1 fully saturated rings. The van der Waals surface area contributed by atoms with Crippen LogP contribution in [0.15, 0.2) is 30.3 Å². The first-order valence-corrected chi connectivity index (χ1v) is 7.64. The molecule has 1 aromatic rings. The Hall–Kier alpha value is -1.88. The molecule has 0 radical (unpaired) electrons. The third-order valence-electron chi connectivity index (χ3n) is 4.16. The van der Waals surface area contributed by atoms with Gasteiger partial charge in [0.05, 0.1) is 5.41 Å². The Morgan fingerprint density at radius 1 is 1.32 bits per heavy atom. The van der Waals surface area contributed by atoms with E-state index in [0.29, 0.717) is 19.6 Å². The van der Waals surface area contributed by atoms with Gasteiger partial charge in [-0.25, -0.2) is 0 Å². The molecule has 120 valence electrons. The molecule has 1 aliphatic heterocycles. The van der Waals surface area contributed by atoms with Crippen molar-refractivity contribution in [1.29, 1.82) is 0 Å². The van der Waals surface area contributed by atoms with Crippen molar-refractivity contribution >= 4 is 11.8 Å². The Kier molecular flexibility index (Phi) is 5.55. The molecule has 1 heterocycles. The third-order valence-corrected chi connectivity index (χ3v) is 4.16. The Morgan fingerprint density at radius 2 is 2.05 bits per heavy atom. The Labute approximate surface area is 131 Å². The number of hydrogen-bond donors (Lipinski definition) is 1. The summed E-state index contributed by atoms with van der Waals surface area (Å²) in [5.74, 6) is -0.0458. The highest BCUT2D eigenvalue weighted by Gasteiger charge is 2.39. The van der Waals surface area contributed by atoms with Crippen LogP contribution in [-0.4, -0.2) is 43.5 Å². The maximum absolute atomic E-state index is 12.5. The zero-order valence-corrected chi connectivity index (χ0v) is 13.3. The first-order valence-electron chi connectivity index (χ1n) is 7.64. The number of carbonyl (C=O) groups excluding carboxylic acids is 2. The SMILES string of the molecule is COCC(=O)N1CCCC(C)(C(=O)NCc2ccccc2)C1. The van der Waals surface area contributed by atoms with Crippen molar-refractivity contribution < 1.29 is 14.3 Å². The highest BCUT2D eigenvalue weighted by molar-refractivity contribution is 5.84. The fourth-order valence-corrected chi connectivity index (χ4v) is 2.84. The average molecular weight is 304 g/mol. The lowest BCUT2D eigenvalue weighted by Crippen LogP contribution is -2.52. The van der Waals surface area contributed by atoms with E-state index in [1.54, 1.807) is 4.90 Å². The Morgan fingerprint density at radius 3 is 2.73 bits per heavy atom. The molecule has 2 amide bonds. The highest BCUT2D eigenvalue weighted by Crippen LogP contribution is 2.29. The van der Waals surface area contributed by atoms with Gasteiger partial charge in [0.15, 0.2) is 0 Å². The van der Waals surface area contributed by atoms with Crippen LogP contribution < -0.4 is 5.32 Å². The van der Waals surface area contributed by atoms with Crippen LogP contribution in [0, 0.1) is 5.41 Å². The number of hydrogen-bond acceptors (Lipinski definition) is 3. The second-order valence-corrected chi connectivity index (χ2v) is 6.08. The maximum atomic E-state index is 12.5. The zero-order valence-electron chi connectivity index (χ0n) is 13.3. The minimum atomic E-state index is -0.531. The topological polar surface area (TPSA) is 58.6 Å². The van der Waals surface area contributed by atoms with Crippen LogP contribution in [0.5, 0.6) is 0 Å². The van der Waals surface area contributed by atoms with Crippen LogP contribution in [0.3, 0.4) is 0 Å². The monoisotopic (exact) mass is 304 g/mol. The van der Waals surface area contributed by atoms with E-state index in [9.17, 15) is 9.59 Å². The number of nitrogens with one attached hydrogen (secondary N) is 1. The molecule has 5 heteroatoms. The number of likely N-dealkylation sites (tertiary alicyclic amines) is 1. The molecule has 0 spiro atoms. The molecule has 1 atom stereocenters. The molecular formula is C17H24N2O3. The molecule has 1 unspecified atom stereocenters. The summed E-state index contributed by atoms with van der Waals surface area (Å²) in [6.45, 7) is 3.67. The van der Waals surface area contributed by atoms with Gasteiger partial charge in [0.25, 0.3) is 0 Å². The normalized spacial score (nSPS) is 21.5. The molecule has 1 aromatic carbocycles. The van der Waals surface area contributed by atoms with E-state index >= 15 is 0 Å². The summed E-state index contributed by atoms with van der Waals surface area (Å²) < 4.78 is 4.90. The summed E-state index contributed by atoms with van der Waals surface area (Å²) in [7, 11) is 1.51. The molecular weight excluding hydrogens is 280 g/mol. The summed E-state index contributed by atoms with van der Waals surface area (Å²) >= 11 is 0. The zero-order chi connectivity index (χ0) is 16.0. The summed E-state index contributed by atoms with van der Waals surface area (Å²) in [6.07, 6.45) is 1.63.